The highest BCUT2D eigenvalue weighted by molar-refractivity contribution is 9.10. The molecule has 0 saturated carbocycles. The first kappa shape index (κ1) is 11.9. The van der Waals surface area contributed by atoms with Crippen LogP contribution in [0.15, 0.2) is 22.7 Å². The number of carbonyl (C=O) groups is 1. The van der Waals surface area contributed by atoms with Crippen molar-refractivity contribution in [2.24, 2.45) is 5.84 Å². The van der Waals surface area contributed by atoms with Gasteiger partial charge in [0.25, 0.3) is 0 Å². The monoisotopic (exact) mass is 276 g/mol. The van der Waals surface area contributed by atoms with E-state index in [1.54, 1.807) is 0 Å². The van der Waals surface area contributed by atoms with Crippen LogP contribution >= 0.6 is 15.9 Å². The molecule has 0 aliphatic rings. The molecule has 0 saturated heterocycles. The van der Waals surface area contributed by atoms with E-state index in [1.807, 2.05) is 5.43 Å². The van der Waals surface area contributed by atoms with Crippen LogP contribution in [-0.2, 0) is 4.79 Å². The van der Waals surface area contributed by atoms with Gasteiger partial charge in [0.05, 0.1) is 17.5 Å². The van der Waals surface area contributed by atoms with Crippen molar-refractivity contribution in [2.75, 3.05) is 6.61 Å². The molecule has 0 aromatic heterocycles. The summed E-state index contributed by atoms with van der Waals surface area (Å²) in [4.78, 5) is 10.8. The fraction of sp³-hybridized carbons (Fsp3) is 0.222. The van der Waals surface area contributed by atoms with Crippen LogP contribution in [0.5, 0.6) is 5.75 Å². The van der Waals surface area contributed by atoms with Gasteiger partial charge >= 0.3 is 0 Å². The van der Waals surface area contributed by atoms with E-state index in [-0.39, 0.29) is 24.8 Å². The summed E-state index contributed by atoms with van der Waals surface area (Å²) in [5.74, 6) is 4.71. The molecule has 0 radical (unpaired) electrons. The first-order valence-electron chi connectivity index (χ1n) is 4.21. The number of benzene rings is 1. The van der Waals surface area contributed by atoms with Gasteiger partial charge in [0, 0.05) is 0 Å². The van der Waals surface area contributed by atoms with Crippen molar-refractivity contribution >= 4 is 21.8 Å². The lowest BCUT2D eigenvalue weighted by atomic mass is 10.3. The van der Waals surface area contributed by atoms with Gasteiger partial charge < -0.3 is 4.74 Å². The van der Waals surface area contributed by atoms with Crippen molar-refractivity contribution in [1.82, 2.24) is 5.43 Å². The molecule has 0 spiro atoms. The third kappa shape index (κ3) is 3.85. The highest BCUT2D eigenvalue weighted by Crippen LogP contribution is 2.25. The Bertz CT molecular complexity index is 360. The molecule has 6 heteroatoms. The van der Waals surface area contributed by atoms with Gasteiger partial charge in [0.2, 0.25) is 5.91 Å². The first-order valence-corrected chi connectivity index (χ1v) is 5.00. The Labute approximate surface area is 94.7 Å². The molecule has 0 unspecified atom stereocenters. The molecule has 0 heterocycles. The summed E-state index contributed by atoms with van der Waals surface area (Å²) < 4.78 is 18.4. The van der Waals surface area contributed by atoms with Crippen LogP contribution in [0.2, 0.25) is 0 Å². The van der Waals surface area contributed by atoms with E-state index >= 15 is 0 Å². The largest absolute Gasteiger partial charge is 0.492 e. The molecule has 0 fully saturated rings. The van der Waals surface area contributed by atoms with Crippen LogP contribution in [0.4, 0.5) is 4.39 Å². The Kier molecular flexibility index (Phi) is 4.51. The molecule has 1 aromatic rings. The van der Waals surface area contributed by atoms with Crippen molar-refractivity contribution in [2.45, 2.75) is 6.42 Å². The summed E-state index contributed by atoms with van der Waals surface area (Å²) in [7, 11) is 0. The molecule has 1 amide bonds. The smallest absolute Gasteiger partial charge is 0.237 e. The van der Waals surface area contributed by atoms with E-state index in [0.29, 0.717) is 10.2 Å². The summed E-state index contributed by atoms with van der Waals surface area (Å²) in [6.45, 7) is 0.188. The van der Waals surface area contributed by atoms with E-state index in [4.69, 9.17) is 10.6 Å². The maximum atomic E-state index is 12.7. The second-order valence-electron chi connectivity index (χ2n) is 2.74. The highest BCUT2D eigenvalue weighted by Gasteiger charge is 2.04. The lowest BCUT2D eigenvalue weighted by Gasteiger charge is -2.07. The van der Waals surface area contributed by atoms with Gasteiger partial charge in [0.1, 0.15) is 11.6 Å². The summed E-state index contributed by atoms with van der Waals surface area (Å²) >= 11 is 3.14. The van der Waals surface area contributed by atoms with Crippen molar-refractivity contribution in [1.29, 1.82) is 0 Å². The highest BCUT2D eigenvalue weighted by atomic mass is 79.9. The quantitative estimate of drug-likeness (QED) is 0.496. The van der Waals surface area contributed by atoms with Gasteiger partial charge in [-0.2, -0.15) is 0 Å². The SMILES string of the molecule is NNC(=O)CCOc1ccc(F)cc1Br. The maximum Gasteiger partial charge on any atom is 0.237 e. The average molecular weight is 277 g/mol. The fourth-order valence-corrected chi connectivity index (χ4v) is 1.38. The van der Waals surface area contributed by atoms with Crippen molar-refractivity contribution in [3.05, 3.63) is 28.5 Å². The van der Waals surface area contributed by atoms with Crippen LogP contribution in [0.25, 0.3) is 0 Å². The van der Waals surface area contributed by atoms with Gasteiger partial charge in [-0.1, -0.05) is 0 Å². The number of carbonyl (C=O) groups excluding carboxylic acids is 1. The number of hydrogen-bond acceptors (Lipinski definition) is 3. The molecule has 4 nitrogen and oxygen atoms in total. The average Bonchev–Trinajstić information content (AvgIpc) is 2.21. The maximum absolute atomic E-state index is 12.7. The van der Waals surface area contributed by atoms with Gasteiger partial charge in [-0.3, -0.25) is 10.2 Å². The Morgan fingerprint density at radius 1 is 1.60 bits per heavy atom. The minimum atomic E-state index is -0.353. The van der Waals surface area contributed by atoms with E-state index in [2.05, 4.69) is 15.9 Å². The Morgan fingerprint density at radius 2 is 2.33 bits per heavy atom. The van der Waals surface area contributed by atoms with E-state index in [9.17, 15) is 9.18 Å². The second kappa shape index (κ2) is 5.67. The van der Waals surface area contributed by atoms with Gasteiger partial charge in [-0.15, -0.1) is 0 Å². The minimum absolute atomic E-state index is 0.153. The number of rotatable bonds is 4. The zero-order chi connectivity index (χ0) is 11.3. The molecular formula is C9H10BrFN2O2. The van der Waals surface area contributed by atoms with Crippen molar-refractivity contribution < 1.29 is 13.9 Å². The lowest BCUT2D eigenvalue weighted by molar-refractivity contribution is -0.121. The minimum Gasteiger partial charge on any atom is -0.492 e. The van der Waals surface area contributed by atoms with Gasteiger partial charge in [-0.25, -0.2) is 10.2 Å². The number of amides is 1. The Balaban J connectivity index is 2.47. The second-order valence-corrected chi connectivity index (χ2v) is 3.60. The Morgan fingerprint density at radius 3 is 2.93 bits per heavy atom. The summed E-state index contributed by atoms with van der Waals surface area (Å²) in [6, 6.07) is 4.06. The molecule has 0 aliphatic heterocycles. The lowest BCUT2D eigenvalue weighted by Crippen LogP contribution is -2.31. The molecule has 15 heavy (non-hydrogen) atoms. The molecule has 1 rings (SSSR count). The molecule has 82 valence electrons. The van der Waals surface area contributed by atoms with E-state index in [1.165, 1.54) is 18.2 Å². The van der Waals surface area contributed by atoms with Crippen LogP contribution < -0.4 is 16.0 Å². The zero-order valence-electron chi connectivity index (χ0n) is 7.80. The number of hydrazine groups is 1. The number of ether oxygens (including phenoxy) is 1. The molecule has 3 N–H and O–H groups in total. The number of nitrogens with one attached hydrogen (secondary N) is 1. The van der Waals surface area contributed by atoms with E-state index < -0.39 is 0 Å². The third-order valence-electron chi connectivity index (χ3n) is 1.64. The standard InChI is InChI=1S/C9H10BrFN2O2/c10-7-5-6(11)1-2-8(7)15-4-3-9(14)13-12/h1-2,5H,3-4,12H2,(H,13,14). The molecule has 0 bridgehead atoms. The first-order chi connectivity index (χ1) is 7.13. The number of nitrogens with two attached hydrogens (primary N) is 1. The third-order valence-corrected chi connectivity index (χ3v) is 2.26. The predicted molar refractivity (Wildman–Crippen MR) is 56.5 cm³/mol. The van der Waals surface area contributed by atoms with Gasteiger partial charge in [0.15, 0.2) is 0 Å². The summed E-state index contributed by atoms with van der Waals surface area (Å²) in [5.41, 5.74) is 1.98. The molecule has 1 aromatic carbocycles. The topological polar surface area (TPSA) is 64.3 Å². The van der Waals surface area contributed by atoms with Crippen LogP contribution in [0.3, 0.4) is 0 Å². The molecule has 0 aliphatic carbocycles. The normalized spacial score (nSPS) is 9.80. The van der Waals surface area contributed by atoms with Crippen LogP contribution in [0, 0.1) is 5.82 Å². The van der Waals surface area contributed by atoms with Crippen molar-refractivity contribution in [3.8, 4) is 5.75 Å². The van der Waals surface area contributed by atoms with Crippen molar-refractivity contribution in [3.63, 3.8) is 0 Å². The summed E-state index contributed by atoms with van der Waals surface area (Å²) in [6.07, 6.45) is 0.153. The zero-order valence-corrected chi connectivity index (χ0v) is 9.38. The van der Waals surface area contributed by atoms with E-state index in [0.717, 1.165) is 0 Å². The number of hydrogen-bond donors (Lipinski definition) is 2. The summed E-state index contributed by atoms with van der Waals surface area (Å²) in [5, 5.41) is 0. The Hall–Kier alpha value is -1.14. The molecule has 0 atom stereocenters. The van der Waals surface area contributed by atoms with Gasteiger partial charge in [-0.05, 0) is 34.1 Å². The fourth-order valence-electron chi connectivity index (χ4n) is 0.918. The predicted octanol–water partition coefficient (Wildman–Crippen LogP) is 1.35. The van der Waals surface area contributed by atoms with Crippen LogP contribution in [-0.4, -0.2) is 12.5 Å². The molecular weight excluding hydrogens is 267 g/mol. The number of halogens is 2. The van der Waals surface area contributed by atoms with Crippen LogP contribution in [0.1, 0.15) is 6.42 Å².